The third kappa shape index (κ3) is 5.06. The predicted octanol–water partition coefficient (Wildman–Crippen LogP) is 4.88. The SMILES string of the molecule is C=CCOc1c(I)cc(CNc2ccc(OCC)cc2)cc1OC. The third-order valence-corrected chi connectivity index (χ3v) is 4.10. The molecule has 0 saturated heterocycles. The zero-order valence-electron chi connectivity index (χ0n) is 14.0. The van der Waals surface area contributed by atoms with Crippen LogP contribution >= 0.6 is 22.6 Å². The molecule has 4 nitrogen and oxygen atoms in total. The van der Waals surface area contributed by atoms with Crippen molar-refractivity contribution in [2.24, 2.45) is 0 Å². The van der Waals surface area contributed by atoms with Crippen LogP contribution in [0.25, 0.3) is 0 Å². The summed E-state index contributed by atoms with van der Waals surface area (Å²) < 4.78 is 17.6. The van der Waals surface area contributed by atoms with E-state index in [4.69, 9.17) is 14.2 Å². The number of hydrogen-bond acceptors (Lipinski definition) is 4. The molecule has 0 bridgehead atoms. The number of methoxy groups -OCH3 is 1. The lowest BCUT2D eigenvalue weighted by Gasteiger charge is -2.14. The van der Waals surface area contributed by atoms with Gasteiger partial charge in [-0.2, -0.15) is 0 Å². The zero-order chi connectivity index (χ0) is 17.4. The molecule has 5 heteroatoms. The average Bonchev–Trinajstić information content (AvgIpc) is 2.60. The number of hydrogen-bond donors (Lipinski definition) is 1. The van der Waals surface area contributed by atoms with Crippen LogP contribution < -0.4 is 19.5 Å². The summed E-state index contributed by atoms with van der Waals surface area (Å²) in [6.07, 6.45) is 1.72. The lowest BCUT2D eigenvalue weighted by molar-refractivity contribution is 0.324. The molecule has 2 aromatic carbocycles. The Labute approximate surface area is 157 Å². The maximum atomic E-state index is 5.68. The van der Waals surface area contributed by atoms with Gasteiger partial charge in [0.15, 0.2) is 11.5 Å². The summed E-state index contributed by atoms with van der Waals surface area (Å²) in [4.78, 5) is 0. The molecule has 0 fully saturated rings. The van der Waals surface area contributed by atoms with E-state index in [1.165, 1.54) is 0 Å². The number of ether oxygens (including phenoxy) is 3. The molecule has 1 N–H and O–H groups in total. The molecule has 0 unspecified atom stereocenters. The first-order chi connectivity index (χ1) is 11.7. The van der Waals surface area contributed by atoms with Gasteiger partial charge in [0.1, 0.15) is 12.4 Å². The van der Waals surface area contributed by atoms with Crippen molar-refractivity contribution >= 4 is 28.3 Å². The molecule has 2 rings (SSSR count). The topological polar surface area (TPSA) is 39.7 Å². The van der Waals surface area contributed by atoms with E-state index < -0.39 is 0 Å². The first-order valence-electron chi connectivity index (χ1n) is 7.74. The fourth-order valence-electron chi connectivity index (χ4n) is 2.20. The molecule has 0 aliphatic rings. The highest BCUT2D eigenvalue weighted by Gasteiger charge is 2.11. The van der Waals surface area contributed by atoms with Crippen LogP contribution in [-0.4, -0.2) is 20.3 Å². The minimum Gasteiger partial charge on any atom is -0.494 e. The fraction of sp³-hybridized carbons (Fsp3) is 0.263. The Hall–Kier alpha value is -1.89. The van der Waals surface area contributed by atoms with E-state index in [0.29, 0.717) is 19.8 Å². The summed E-state index contributed by atoms with van der Waals surface area (Å²) in [5.74, 6) is 2.36. The Kier molecular flexibility index (Phi) is 7.24. The van der Waals surface area contributed by atoms with Gasteiger partial charge in [-0.15, -0.1) is 0 Å². The van der Waals surface area contributed by atoms with Gasteiger partial charge in [-0.25, -0.2) is 0 Å². The molecule has 0 radical (unpaired) electrons. The second kappa shape index (κ2) is 9.42. The quantitative estimate of drug-likeness (QED) is 0.447. The molecule has 0 saturated carbocycles. The van der Waals surface area contributed by atoms with E-state index in [0.717, 1.165) is 32.1 Å². The van der Waals surface area contributed by atoms with Crippen LogP contribution in [0.3, 0.4) is 0 Å². The Morgan fingerprint density at radius 1 is 1.17 bits per heavy atom. The van der Waals surface area contributed by atoms with Crippen molar-refractivity contribution < 1.29 is 14.2 Å². The predicted molar refractivity (Wildman–Crippen MR) is 106 cm³/mol. The summed E-state index contributed by atoms with van der Waals surface area (Å²) in [7, 11) is 1.65. The first-order valence-corrected chi connectivity index (χ1v) is 8.82. The van der Waals surface area contributed by atoms with Gasteiger partial charge in [0.05, 0.1) is 17.3 Å². The van der Waals surface area contributed by atoms with Crippen molar-refractivity contribution in [1.82, 2.24) is 0 Å². The second-order valence-corrected chi connectivity index (χ2v) is 6.18. The summed E-state index contributed by atoms with van der Waals surface area (Å²) >= 11 is 2.26. The Morgan fingerprint density at radius 2 is 1.92 bits per heavy atom. The zero-order valence-corrected chi connectivity index (χ0v) is 16.1. The van der Waals surface area contributed by atoms with E-state index in [1.807, 2.05) is 37.3 Å². The van der Waals surface area contributed by atoms with E-state index in [1.54, 1.807) is 13.2 Å². The number of halogens is 1. The third-order valence-electron chi connectivity index (χ3n) is 3.30. The van der Waals surface area contributed by atoms with Gasteiger partial charge in [0.25, 0.3) is 0 Å². The van der Waals surface area contributed by atoms with Crippen molar-refractivity contribution in [3.8, 4) is 17.2 Å². The van der Waals surface area contributed by atoms with Crippen LogP contribution in [-0.2, 0) is 6.54 Å². The van der Waals surface area contributed by atoms with Crippen molar-refractivity contribution in [3.63, 3.8) is 0 Å². The van der Waals surface area contributed by atoms with Gasteiger partial charge in [-0.3, -0.25) is 0 Å². The highest BCUT2D eigenvalue weighted by molar-refractivity contribution is 14.1. The number of benzene rings is 2. The summed E-state index contributed by atoms with van der Waals surface area (Å²) in [5, 5.41) is 3.40. The Balaban J connectivity index is 2.06. The monoisotopic (exact) mass is 439 g/mol. The molecular weight excluding hydrogens is 417 g/mol. The van der Waals surface area contributed by atoms with Gasteiger partial charge < -0.3 is 19.5 Å². The van der Waals surface area contributed by atoms with Crippen molar-refractivity contribution in [3.05, 3.63) is 58.2 Å². The molecule has 0 atom stereocenters. The molecule has 0 heterocycles. The molecular formula is C19H22INO3. The minimum atomic E-state index is 0.455. The van der Waals surface area contributed by atoms with Crippen LogP contribution in [0, 0.1) is 3.57 Å². The van der Waals surface area contributed by atoms with Crippen LogP contribution in [0.2, 0.25) is 0 Å². The number of nitrogens with one attached hydrogen (secondary N) is 1. The molecule has 0 amide bonds. The molecule has 0 aromatic heterocycles. The Bertz CT molecular complexity index is 671. The minimum absolute atomic E-state index is 0.455. The van der Waals surface area contributed by atoms with Gasteiger partial charge in [-0.1, -0.05) is 12.7 Å². The summed E-state index contributed by atoms with van der Waals surface area (Å²) in [6, 6.07) is 12.0. The van der Waals surface area contributed by atoms with Crippen LogP contribution in [0.1, 0.15) is 12.5 Å². The largest absolute Gasteiger partial charge is 0.494 e. The number of anilines is 1. The fourth-order valence-corrected chi connectivity index (χ4v) is 3.02. The highest BCUT2D eigenvalue weighted by atomic mass is 127. The maximum absolute atomic E-state index is 5.68. The lowest BCUT2D eigenvalue weighted by Crippen LogP contribution is -2.03. The van der Waals surface area contributed by atoms with E-state index in [9.17, 15) is 0 Å². The molecule has 0 spiro atoms. The molecule has 128 valence electrons. The van der Waals surface area contributed by atoms with E-state index in [2.05, 4.69) is 40.6 Å². The van der Waals surface area contributed by atoms with E-state index in [-0.39, 0.29) is 0 Å². The lowest BCUT2D eigenvalue weighted by atomic mass is 10.2. The maximum Gasteiger partial charge on any atom is 0.174 e. The van der Waals surface area contributed by atoms with Gasteiger partial charge >= 0.3 is 0 Å². The summed E-state index contributed by atoms with van der Waals surface area (Å²) in [6.45, 7) is 7.47. The van der Waals surface area contributed by atoms with Crippen LogP contribution in [0.4, 0.5) is 5.69 Å². The first kappa shape index (κ1) is 18.4. The average molecular weight is 439 g/mol. The molecule has 24 heavy (non-hydrogen) atoms. The molecule has 2 aromatic rings. The normalized spacial score (nSPS) is 10.1. The van der Waals surface area contributed by atoms with Crippen molar-refractivity contribution in [2.45, 2.75) is 13.5 Å². The van der Waals surface area contributed by atoms with Gasteiger partial charge in [-0.05, 0) is 71.5 Å². The van der Waals surface area contributed by atoms with Crippen molar-refractivity contribution in [1.29, 1.82) is 0 Å². The smallest absolute Gasteiger partial charge is 0.174 e. The van der Waals surface area contributed by atoms with E-state index >= 15 is 0 Å². The van der Waals surface area contributed by atoms with Gasteiger partial charge in [0.2, 0.25) is 0 Å². The Morgan fingerprint density at radius 3 is 2.54 bits per heavy atom. The molecule has 0 aliphatic carbocycles. The van der Waals surface area contributed by atoms with Crippen molar-refractivity contribution in [2.75, 3.05) is 25.6 Å². The second-order valence-electron chi connectivity index (χ2n) is 5.02. The highest BCUT2D eigenvalue weighted by Crippen LogP contribution is 2.34. The molecule has 0 aliphatic heterocycles. The van der Waals surface area contributed by atoms with Gasteiger partial charge in [0, 0.05) is 12.2 Å². The number of rotatable bonds is 9. The standard InChI is InChI=1S/C19H22INO3/c1-4-10-24-19-17(20)11-14(12-18(19)22-3)13-21-15-6-8-16(9-7-15)23-5-2/h4,6-9,11-12,21H,1,5,10,13H2,2-3H3. The summed E-state index contributed by atoms with van der Waals surface area (Å²) in [5.41, 5.74) is 2.16. The van der Waals surface area contributed by atoms with Crippen LogP contribution in [0.5, 0.6) is 17.2 Å². The van der Waals surface area contributed by atoms with Crippen LogP contribution in [0.15, 0.2) is 49.1 Å².